The molecule has 1 aromatic carbocycles. The minimum absolute atomic E-state index is 0.164. The van der Waals surface area contributed by atoms with Crippen molar-refractivity contribution in [3.05, 3.63) is 41.8 Å². The van der Waals surface area contributed by atoms with Gasteiger partial charge in [-0.3, -0.25) is 14.5 Å². The molecule has 0 fully saturated rings. The first-order chi connectivity index (χ1) is 9.25. The maximum absolute atomic E-state index is 12.1. The molecule has 0 bridgehead atoms. The highest BCUT2D eigenvalue weighted by atomic mass is 16.2. The highest BCUT2D eigenvalue weighted by Crippen LogP contribution is 2.22. The number of carbonyl (C=O) groups excluding carboxylic acids is 2. The summed E-state index contributed by atoms with van der Waals surface area (Å²) in [6.45, 7) is 1.19. The third-order valence-electron chi connectivity index (χ3n) is 3.28. The number of unbranched alkanes of at least 4 members (excludes halogenated alkanes) is 4. The van der Waals surface area contributed by atoms with E-state index in [9.17, 15) is 9.59 Å². The van der Waals surface area contributed by atoms with E-state index in [0.29, 0.717) is 24.2 Å². The monoisotopic (exact) mass is 259 g/mol. The molecule has 4 nitrogen and oxygen atoms in total. The number of hydrogen-bond acceptors (Lipinski definition) is 3. The van der Waals surface area contributed by atoms with Crippen LogP contribution in [0.2, 0.25) is 0 Å². The molecule has 1 aromatic rings. The van der Waals surface area contributed by atoms with Crippen LogP contribution in [0.3, 0.4) is 0 Å². The van der Waals surface area contributed by atoms with Crippen molar-refractivity contribution in [1.82, 2.24) is 4.90 Å². The first kappa shape index (κ1) is 13.7. The number of nitrogens with zero attached hydrogens (tertiary/aromatic N) is 1. The zero-order chi connectivity index (χ0) is 13.7. The van der Waals surface area contributed by atoms with Crippen molar-refractivity contribution in [2.45, 2.75) is 25.7 Å². The second-order valence-electron chi connectivity index (χ2n) is 4.67. The number of nitrogens with two attached hydrogens (primary N) is 1. The highest BCUT2D eigenvalue weighted by molar-refractivity contribution is 6.21. The van der Waals surface area contributed by atoms with E-state index in [2.05, 4.69) is 6.42 Å². The van der Waals surface area contributed by atoms with Crippen molar-refractivity contribution in [1.29, 1.82) is 0 Å². The molecule has 0 spiro atoms. The quantitative estimate of drug-likeness (QED) is 0.601. The van der Waals surface area contributed by atoms with Gasteiger partial charge in [-0.2, -0.15) is 0 Å². The van der Waals surface area contributed by atoms with Crippen molar-refractivity contribution in [2.24, 2.45) is 5.73 Å². The fourth-order valence-corrected chi connectivity index (χ4v) is 2.24. The molecule has 0 saturated carbocycles. The number of imide groups is 1. The van der Waals surface area contributed by atoms with Gasteiger partial charge in [0, 0.05) is 6.54 Å². The van der Waals surface area contributed by atoms with Crippen LogP contribution in [0.15, 0.2) is 24.3 Å². The largest absolute Gasteiger partial charge is 0.330 e. The van der Waals surface area contributed by atoms with Crippen molar-refractivity contribution >= 4 is 11.8 Å². The van der Waals surface area contributed by atoms with Gasteiger partial charge in [0.05, 0.1) is 11.1 Å². The summed E-state index contributed by atoms with van der Waals surface area (Å²) in [5.41, 5.74) is 6.47. The van der Waals surface area contributed by atoms with Crippen LogP contribution in [-0.4, -0.2) is 29.8 Å². The Kier molecular flexibility index (Phi) is 4.68. The molecule has 0 aromatic heterocycles. The van der Waals surface area contributed by atoms with Gasteiger partial charge < -0.3 is 5.73 Å². The Morgan fingerprint density at radius 1 is 1.00 bits per heavy atom. The summed E-state index contributed by atoms with van der Waals surface area (Å²) in [4.78, 5) is 25.5. The van der Waals surface area contributed by atoms with Crippen molar-refractivity contribution in [3.8, 4) is 0 Å². The van der Waals surface area contributed by atoms with Crippen molar-refractivity contribution in [2.75, 3.05) is 13.1 Å². The lowest BCUT2D eigenvalue weighted by Crippen LogP contribution is -2.30. The Morgan fingerprint density at radius 3 is 2.16 bits per heavy atom. The molecule has 1 aliphatic heterocycles. The average molecular weight is 259 g/mol. The summed E-state index contributed by atoms with van der Waals surface area (Å²) in [5, 5.41) is 0. The number of carbonyl (C=O) groups is 2. The predicted molar refractivity (Wildman–Crippen MR) is 73.6 cm³/mol. The molecular weight excluding hydrogens is 240 g/mol. The fourth-order valence-electron chi connectivity index (χ4n) is 2.24. The average Bonchev–Trinajstić information content (AvgIpc) is 2.68. The molecule has 1 radical (unpaired) electrons. The number of fused-ring (bicyclic) bond motifs is 1. The molecule has 0 aliphatic carbocycles. The lowest BCUT2D eigenvalue weighted by molar-refractivity contribution is 0.0652. The van der Waals surface area contributed by atoms with E-state index >= 15 is 0 Å². The van der Waals surface area contributed by atoms with E-state index in [1.165, 1.54) is 4.90 Å². The van der Waals surface area contributed by atoms with Gasteiger partial charge in [0.1, 0.15) is 0 Å². The molecule has 2 amide bonds. The topological polar surface area (TPSA) is 63.4 Å². The summed E-state index contributed by atoms with van der Waals surface area (Å²) in [7, 11) is 0. The lowest BCUT2D eigenvalue weighted by atomic mass is 10.1. The van der Waals surface area contributed by atoms with Gasteiger partial charge in [-0.1, -0.05) is 12.1 Å². The third-order valence-corrected chi connectivity index (χ3v) is 3.28. The minimum Gasteiger partial charge on any atom is -0.330 e. The van der Waals surface area contributed by atoms with Gasteiger partial charge in [-0.05, 0) is 50.8 Å². The van der Waals surface area contributed by atoms with Gasteiger partial charge in [0.15, 0.2) is 0 Å². The molecule has 1 aliphatic rings. The van der Waals surface area contributed by atoms with Crippen LogP contribution in [0.4, 0.5) is 0 Å². The molecule has 0 atom stereocenters. The molecule has 1 heterocycles. The van der Waals surface area contributed by atoms with Gasteiger partial charge in [0.25, 0.3) is 11.8 Å². The van der Waals surface area contributed by atoms with Gasteiger partial charge in [-0.25, -0.2) is 0 Å². The van der Waals surface area contributed by atoms with E-state index in [-0.39, 0.29) is 11.8 Å². The minimum atomic E-state index is -0.164. The third kappa shape index (κ3) is 3.01. The SMILES string of the molecule is NCCC[CH]CCCN1C(=O)c2ccccc2C1=O. The fraction of sp³-hybridized carbons (Fsp3) is 0.400. The van der Waals surface area contributed by atoms with Crippen molar-refractivity contribution < 1.29 is 9.59 Å². The molecule has 4 heteroatoms. The van der Waals surface area contributed by atoms with Gasteiger partial charge in [-0.15, -0.1) is 0 Å². The van der Waals surface area contributed by atoms with Gasteiger partial charge >= 0.3 is 0 Å². The lowest BCUT2D eigenvalue weighted by Gasteiger charge is -2.13. The summed E-state index contributed by atoms with van der Waals surface area (Å²) in [6, 6.07) is 6.99. The van der Waals surface area contributed by atoms with Crippen LogP contribution in [0.5, 0.6) is 0 Å². The summed E-state index contributed by atoms with van der Waals surface area (Å²) < 4.78 is 0. The maximum Gasteiger partial charge on any atom is 0.261 e. The normalized spacial score (nSPS) is 14.1. The van der Waals surface area contributed by atoms with E-state index in [4.69, 9.17) is 5.73 Å². The van der Waals surface area contributed by atoms with E-state index < -0.39 is 0 Å². The molecular formula is C15H19N2O2. The molecule has 2 N–H and O–H groups in total. The van der Waals surface area contributed by atoms with Crippen molar-refractivity contribution in [3.63, 3.8) is 0 Å². The Labute approximate surface area is 113 Å². The molecule has 101 valence electrons. The van der Waals surface area contributed by atoms with Crippen LogP contribution < -0.4 is 5.73 Å². The number of benzene rings is 1. The zero-order valence-electron chi connectivity index (χ0n) is 11.0. The van der Waals surface area contributed by atoms with Crippen LogP contribution in [0, 0.1) is 6.42 Å². The molecule has 19 heavy (non-hydrogen) atoms. The van der Waals surface area contributed by atoms with Crippen LogP contribution in [0.25, 0.3) is 0 Å². The highest BCUT2D eigenvalue weighted by Gasteiger charge is 2.34. The second kappa shape index (κ2) is 6.48. The second-order valence-corrected chi connectivity index (χ2v) is 4.67. The van der Waals surface area contributed by atoms with E-state index in [0.717, 1.165) is 25.7 Å². The maximum atomic E-state index is 12.1. The van der Waals surface area contributed by atoms with E-state index in [1.54, 1.807) is 24.3 Å². The number of amides is 2. The van der Waals surface area contributed by atoms with Crippen LogP contribution in [0.1, 0.15) is 46.4 Å². The first-order valence-electron chi connectivity index (χ1n) is 6.72. The summed E-state index contributed by atoms with van der Waals surface area (Å²) >= 11 is 0. The standard InChI is InChI=1S/C15H19N2O2/c16-10-6-2-1-3-7-11-17-14(18)12-8-4-5-9-13(12)15(17)19/h1,4-5,8-9H,2-3,6-7,10-11,16H2. The Hall–Kier alpha value is -1.68. The Balaban J connectivity index is 1.83. The molecule has 0 saturated heterocycles. The number of hydrogen-bond donors (Lipinski definition) is 1. The molecule has 0 unspecified atom stereocenters. The smallest absolute Gasteiger partial charge is 0.261 e. The Bertz CT molecular complexity index is 436. The first-order valence-corrected chi connectivity index (χ1v) is 6.72. The van der Waals surface area contributed by atoms with Crippen LogP contribution >= 0.6 is 0 Å². The van der Waals surface area contributed by atoms with E-state index in [1.807, 2.05) is 0 Å². The van der Waals surface area contributed by atoms with Gasteiger partial charge in [0.2, 0.25) is 0 Å². The number of rotatable bonds is 7. The predicted octanol–water partition coefficient (Wildman–Crippen LogP) is 2.01. The Morgan fingerprint density at radius 2 is 1.58 bits per heavy atom. The zero-order valence-corrected chi connectivity index (χ0v) is 11.0. The summed E-state index contributed by atoms with van der Waals surface area (Å²) in [6.07, 6.45) is 5.89. The molecule has 2 rings (SSSR count). The van der Waals surface area contributed by atoms with Crippen LogP contribution in [-0.2, 0) is 0 Å². The summed E-state index contributed by atoms with van der Waals surface area (Å²) in [5.74, 6) is -0.329.